The lowest BCUT2D eigenvalue weighted by atomic mass is 10.1. The molecule has 2 heterocycles. The Labute approximate surface area is 168 Å². The van der Waals surface area contributed by atoms with E-state index in [9.17, 15) is 0 Å². The van der Waals surface area contributed by atoms with Gasteiger partial charge in [-0.2, -0.15) is 0 Å². The molecule has 1 aromatic heterocycles. The van der Waals surface area contributed by atoms with Crippen molar-refractivity contribution in [1.82, 2.24) is 20.5 Å². The van der Waals surface area contributed by atoms with Crippen LogP contribution in [0.15, 0.2) is 47.6 Å². The summed E-state index contributed by atoms with van der Waals surface area (Å²) in [5.41, 5.74) is 3.68. The van der Waals surface area contributed by atoms with Crippen LogP contribution in [0.3, 0.4) is 0 Å². The molecule has 0 amide bonds. The molecular formula is C22H31N5O. The molecule has 1 aliphatic heterocycles. The van der Waals surface area contributed by atoms with Crippen molar-refractivity contribution in [2.45, 2.75) is 39.4 Å². The summed E-state index contributed by atoms with van der Waals surface area (Å²) in [4.78, 5) is 11.4. The molecule has 0 bridgehead atoms. The molecule has 6 nitrogen and oxygen atoms in total. The molecule has 0 radical (unpaired) electrons. The standard InChI is InChI=1S/C22H31N5O/c1-3-23-22(26-16-20-10-11-21(28-2)24-15-20)25-14-18-6-8-19(9-7-18)17-27-12-4-5-13-27/h6-11,15H,3-5,12-14,16-17H2,1-2H3,(H2,23,25,26). The average molecular weight is 382 g/mol. The summed E-state index contributed by atoms with van der Waals surface area (Å²) in [5, 5.41) is 6.70. The maximum absolute atomic E-state index is 5.09. The summed E-state index contributed by atoms with van der Waals surface area (Å²) in [6, 6.07) is 12.7. The lowest BCUT2D eigenvalue weighted by Gasteiger charge is -2.15. The van der Waals surface area contributed by atoms with Gasteiger partial charge < -0.3 is 15.4 Å². The summed E-state index contributed by atoms with van der Waals surface area (Å²) in [5.74, 6) is 1.42. The summed E-state index contributed by atoms with van der Waals surface area (Å²) >= 11 is 0. The Morgan fingerprint density at radius 2 is 1.75 bits per heavy atom. The van der Waals surface area contributed by atoms with E-state index >= 15 is 0 Å². The zero-order chi connectivity index (χ0) is 19.6. The van der Waals surface area contributed by atoms with Crippen molar-refractivity contribution in [1.29, 1.82) is 0 Å². The second-order valence-corrected chi connectivity index (χ2v) is 7.06. The highest BCUT2D eigenvalue weighted by molar-refractivity contribution is 5.79. The molecule has 0 atom stereocenters. The van der Waals surface area contributed by atoms with Gasteiger partial charge in [0.1, 0.15) is 0 Å². The maximum Gasteiger partial charge on any atom is 0.212 e. The van der Waals surface area contributed by atoms with Crippen LogP contribution >= 0.6 is 0 Å². The maximum atomic E-state index is 5.09. The molecule has 28 heavy (non-hydrogen) atoms. The minimum absolute atomic E-state index is 0.571. The molecule has 0 saturated carbocycles. The van der Waals surface area contributed by atoms with Crippen LogP contribution in [-0.2, 0) is 19.6 Å². The van der Waals surface area contributed by atoms with Crippen molar-refractivity contribution in [3.63, 3.8) is 0 Å². The lowest BCUT2D eigenvalue weighted by Crippen LogP contribution is -2.36. The molecule has 0 unspecified atom stereocenters. The smallest absolute Gasteiger partial charge is 0.212 e. The zero-order valence-corrected chi connectivity index (χ0v) is 16.9. The second-order valence-electron chi connectivity index (χ2n) is 7.06. The van der Waals surface area contributed by atoms with Crippen LogP contribution in [0.2, 0.25) is 0 Å². The van der Waals surface area contributed by atoms with Gasteiger partial charge in [0.25, 0.3) is 0 Å². The van der Waals surface area contributed by atoms with E-state index in [-0.39, 0.29) is 0 Å². The van der Waals surface area contributed by atoms with Gasteiger partial charge in [-0.3, -0.25) is 4.90 Å². The highest BCUT2D eigenvalue weighted by Crippen LogP contribution is 2.13. The van der Waals surface area contributed by atoms with Gasteiger partial charge in [-0.1, -0.05) is 30.3 Å². The van der Waals surface area contributed by atoms with E-state index in [0.717, 1.165) is 31.2 Å². The average Bonchev–Trinajstić information content (AvgIpc) is 3.24. The topological polar surface area (TPSA) is 61.8 Å². The Bertz CT molecular complexity index is 737. The van der Waals surface area contributed by atoms with Crippen LogP contribution in [0.5, 0.6) is 5.88 Å². The van der Waals surface area contributed by atoms with Crippen LogP contribution in [-0.4, -0.2) is 42.6 Å². The van der Waals surface area contributed by atoms with E-state index in [4.69, 9.17) is 4.74 Å². The van der Waals surface area contributed by atoms with Gasteiger partial charge in [0.15, 0.2) is 5.96 Å². The minimum atomic E-state index is 0.571. The lowest BCUT2D eigenvalue weighted by molar-refractivity contribution is 0.331. The quantitative estimate of drug-likeness (QED) is 0.544. The van der Waals surface area contributed by atoms with Gasteiger partial charge in [-0.15, -0.1) is 0 Å². The Morgan fingerprint density at radius 1 is 1.04 bits per heavy atom. The number of hydrogen-bond acceptors (Lipinski definition) is 4. The summed E-state index contributed by atoms with van der Waals surface area (Å²) in [6.07, 6.45) is 4.47. The van der Waals surface area contributed by atoms with Crippen molar-refractivity contribution >= 4 is 5.96 Å². The molecule has 2 aromatic rings. The van der Waals surface area contributed by atoms with Crippen LogP contribution in [0.25, 0.3) is 0 Å². The number of nitrogens with zero attached hydrogens (tertiary/aromatic N) is 3. The number of methoxy groups -OCH3 is 1. The molecule has 0 spiro atoms. The van der Waals surface area contributed by atoms with E-state index in [2.05, 4.69) is 56.7 Å². The fourth-order valence-corrected chi connectivity index (χ4v) is 3.28. The van der Waals surface area contributed by atoms with Crippen molar-refractivity contribution in [3.05, 3.63) is 59.3 Å². The number of hydrogen-bond donors (Lipinski definition) is 2. The number of ether oxygens (including phenoxy) is 1. The summed E-state index contributed by atoms with van der Waals surface area (Å²) in [6.45, 7) is 7.73. The van der Waals surface area contributed by atoms with Crippen LogP contribution < -0.4 is 15.4 Å². The van der Waals surface area contributed by atoms with E-state index < -0.39 is 0 Å². The van der Waals surface area contributed by atoms with E-state index in [0.29, 0.717) is 12.4 Å². The van der Waals surface area contributed by atoms with Crippen LogP contribution in [0.4, 0.5) is 0 Å². The van der Waals surface area contributed by atoms with Crippen LogP contribution in [0.1, 0.15) is 36.5 Å². The number of pyridine rings is 1. The monoisotopic (exact) mass is 381 g/mol. The molecule has 1 saturated heterocycles. The number of benzene rings is 1. The third kappa shape index (κ3) is 6.23. The number of aromatic nitrogens is 1. The van der Waals surface area contributed by atoms with Gasteiger partial charge in [0.05, 0.1) is 13.7 Å². The molecule has 1 aliphatic rings. The second kappa shape index (κ2) is 10.7. The SMILES string of the molecule is CCNC(=NCc1ccc(OC)nc1)NCc1ccc(CN2CCCC2)cc1. The van der Waals surface area contributed by atoms with Gasteiger partial charge in [-0.25, -0.2) is 9.98 Å². The number of guanidine groups is 1. The Kier molecular flexibility index (Phi) is 7.67. The Hall–Kier alpha value is -2.60. The van der Waals surface area contributed by atoms with E-state index in [1.54, 1.807) is 13.3 Å². The molecule has 6 heteroatoms. The molecule has 3 rings (SSSR count). The number of rotatable bonds is 8. The predicted octanol–water partition coefficient (Wildman–Crippen LogP) is 2.94. The van der Waals surface area contributed by atoms with Gasteiger partial charge in [0.2, 0.25) is 5.88 Å². The molecule has 1 fully saturated rings. The molecule has 0 aliphatic carbocycles. The van der Waals surface area contributed by atoms with Gasteiger partial charge in [0, 0.05) is 31.9 Å². The van der Waals surface area contributed by atoms with Gasteiger partial charge >= 0.3 is 0 Å². The molecule has 150 valence electrons. The normalized spacial score (nSPS) is 14.9. The summed E-state index contributed by atoms with van der Waals surface area (Å²) in [7, 11) is 1.62. The number of likely N-dealkylation sites (tertiary alicyclic amines) is 1. The van der Waals surface area contributed by atoms with Crippen molar-refractivity contribution in [2.24, 2.45) is 4.99 Å². The predicted molar refractivity (Wildman–Crippen MR) is 113 cm³/mol. The minimum Gasteiger partial charge on any atom is -0.481 e. The first-order valence-electron chi connectivity index (χ1n) is 10.1. The Morgan fingerprint density at radius 3 is 2.39 bits per heavy atom. The van der Waals surface area contributed by atoms with Crippen molar-refractivity contribution in [2.75, 3.05) is 26.7 Å². The molecule has 2 N–H and O–H groups in total. The molecule has 1 aromatic carbocycles. The summed E-state index contributed by atoms with van der Waals surface area (Å²) < 4.78 is 5.09. The van der Waals surface area contributed by atoms with Gasteiger partial charge in [-0.05, 0) is 49.5 Å². The highest BCUT2D eigenvalue weighted by Gasteiger charge is 2.11. The zero-order valence-electron chi connectivity index (χ0n) is 16.9. The first kappa shape index (κ1) is 20.1. The number of nitrogens with one attached hydrogen (secondary N) is 2. The van der Waals surface area contributed by atoms with E-state index in [1.165, 1.54) is 37.1 Å². The fourth-order valence-electron chi connectivity index (χ4n) is 3.28. The fraction of sp³-hybridized carbons (Fsp3) is 0.455. The third-order valence-electron chi connectivity index (χ3n) is 4.86. The highest BCUT2D eigenvalue weighted by atomic mass is 16.5. The third-order valence-corrected chi connectivity index (χ3v) is 4.86. The number of aliphatic imine (C=N–C) groups is 1. The van der Waals surface area contributed by atoms with Crippen molar-refractivity contribution < 1.29 is 4.74 Å². The first-order valence-corrected chi connectivity index (χ1v) is 10.1. The van der Waals surface area contributed by atoms with Crippen molar-refractivity contribution in [3.8, 4) is 5.88 Å². The van der Waals surface area contributed by atoms with Crippen LogP contribution in [0, 0.1) is 0 Å². The Balaban J connectivity index is 1.51. The van der Waals surface area contributed by atoms with E-state index in [1.807, 2.05) is 12.1 Å². The molecular weight excluding hydrogens is 350 g/mol. The largest absolute Gasteiger partial charge is 0.481 e. The first-order chi connectivity index (χ1) is 13.8.